The highest BCUT2D eigenvalue weighted by molar-refractivity contribution is 5.38. The third kappa shape index (κ3) is 2.04. The van der Waals surface area contributed by atoms with Gasteiger partial charge in [0.05, 0.1) is 12.1 Å². The van der Waals surface area contributed by atoms with Crippen molar-refractivity contribution in [3.63, 3.8) is 0 Å². The van der Waals surface area contributed by atoms with Crippen LogP contribution in [0.25, 0.3) is 0 Å². The van der Waals surface area contributed by atoms with Crippen LogP contribution >= 0.6 is 0 Å². The lowest BCUT2D eigenvalue weighted by Gasteiger charge is -2.24. The monoisotopic (exact) mass is 192 g/mol. The van der Waals surface area contributed by atoms with Crippen LogP contribution < -0.4 is 5.32 Å². The second-order valence-corrected chi connectivity index (χ2v) is 4.15. The highest BCUT2D eigenvalue weighted by Crippen LogP contribution is 2.22. The van der Waals surface area contributed by atoms with E-state index in [1.54, 1.807) is 0 Å². The molecule has 1 aliphatic rings. The summed E-state index contributed by atoms with van der Waals surface area (Å²) >= 11 is 0. The molecule has 0 aromatic carbocycles. The predicted molar refractivity (Wildman–Crippen MR) is 56.4 cm³/mol. The topological polar surface area (TPSA) is 34.1 Å². The van der Waals surface area contributed by atoms with Gasteiger partial charge in [-0.25, -0.2) is 4.98 Å². The number of aromatic nitrogens is 1. The van der Waals surface area contributed by atoms with Crippen LogP contribution in [0.5, 0.6) is 0 Å². The molecule has 1 aromatic heterocycles. The van der Waals surface area contributed by atoms with E-state index < -0.39 is 0 Å². The van der Waals surface area contributed by atoms with Gasteiger partial charge in [-0.3, -0.25) is 0 Å². The van der Waals surface area contributed by atoms with Gasteiger partial charge in [-0.05, 0) is 32.4 Å². The van der Waals surface area contributed by atoms with E-state index in [2.05, 4.69) is 17.2 Å². The molecular formula is C11H16N2O. The highest BCUT2D eigenvalue weighted by atomic mass is 16.5. The van der Waals surface area contributed by atoms with Crippen molar-refractivity contribution in [2.75, 3.05) is 18.5 Å². The third-order valence-corrected chi connectivity index (χ3v) is 2.54. The van der Waals surface area contributed by atoms with Gasteiger partial charge in [-0.1, -0.05) is 6.07 Å². The fourth-order valence-corrected chi connectivity index (χ4v) is 1.69. The molecule has 3 heteroatoms. The van der Waals surface area contributed by atoms with Crippen molar-refractivity contribution in [3.05, 3.63) is 23.9 Å². The number of anilines is 1. The molecule has 0 amide bonds. The Morgan fingerprint density at radius 1 is 1.50 bits per heavy atom. The van der Waals surface area contributed by atoms with Crippen LogP contribution in [0.4, 0.5) is 5.82 Å². The Hall–Kier alpha value is -1.09. The van der Waals surface area contributed by atoms with Crippen LogP contribution in [-0.4, -0.2) is 23.7 Å². The van der Waals surface area contributed by atoms with Gasteiger partial charge in [0, 0.05) is 12.3 Å². The lowest BCUT2D eigenvalue weighted by atomic mass is 10.0. The number of nitrogens with zero attached hydrogens (tertiary/aromatic N) is 1. The number of aryl methyl sites for hydroxylation is 1. The Balaban J connectivity index is 2.10. The lowest BCUT2D eigenvalue weighted by Crippen LogP contribution is -2.35. The number of nitrogens with one attached hydrogen (secondary N) is 1. The molecular weight excluding hydrogens is 176 g/mol. The smallest absolute Gasteiger partial charge is 0.126 e. The first-order valence-corrected chi connectivity index (χ1v) is 4.98. The molecule has 0 radical (unpaired) electrons. The molecule has 1 unspecified atom stereocenters. The second kappa shape index (κ2) is 3.58. The average molecular weight is 192 g/mol. The molecule has 3 nitrogen and oxygen atoms in total. The molecule has 1 aliphatic heterocycles. The van der Waals surface area contributed by atoms with Gasteiger partial charge in [0.15, 0.2) is 0 Å². The van der Waals surface area contributed by atoms with E-state index in [9.17, 15) is 0 Å². The molecule has 76 valence electrons. The zero-order valence-corrected chi connectivity index (χ0v) is 8.71. The Kier molecular flexibility index (Phi) is 2.42. The molecule has 1 atom stereocenters. The van der Waals surface area contributed by atoms with Crippen molar-refractivity contribution in [1.82, 2.24) is 4.98 Å². The predicted octanol–water partition coefficient (Wildman–Crippen LogP) is 1.98. The number of ether oxygens (including phenoxy) is 1. The zero-order valence-electron chi connectivity index (χ0n) is 8.71. The van der Waals surface area contributed by atoms with Crippen molar-refractivity contribution in [3.8, 4) is 0 Å². The summed E-state index contributed by atoms with van der Waals surface area (Å²) in [4.78, 5) is 4.42. The van der Waals surface area contributed by atoms with Gasteiger partial charge in [0.1, 0.15) is 5.82 Å². The van der Waals surface area contributed by atoms with Crippen molar-refractivity contribution < 1.29 is 4.74 Å². The fourth-order valence-electron chi connectivity index (χ4n) is 1.69. The number of rotatable bonds is 2. The van der Waals surface area contributed by atoms with E-state index in [1.165, 1.54) is 0 Å². The normalized spacial score (nSPS) is 26.4. The van der Waals surface area contributed by atoms with Crippen LogP contribution in [0.1, 0.15) is 19.0 Å². The first kappa shape index (κ1) is 9.46. The largest absolute Gasteiger partial charge is 0.379 e. The van der Waals surface area contributed by atoms with E-state index >= 15 is 0 Å². The van der Waals surface area contributed by atoms with E-state index in [0.717, 1.165) is 31.1 Å². The molecule has 0 spiro atoms. The highest BCUT2D eigenvalue weighted by Gasteiger charge is 2.29. The van der Waals surface area contributed by atoms with E-state index in [0.29, 0.717) is 0 Å². The van der Waals surface area contributed by atoms with Crippen molar-refractivity contribution in [2.24, 2.45) is 0 Å². The minimum Gasteiger partial charge on any atom is -0.379 e. The molecule has 1 aromatic rings. The van der Waals surface area contributed by atoms with Gasteiger partial charge in [-0.15, -0.1) is 0 Å². The van der Waals surface area contributed by atoms with E-state index in [1.807, 2.05) is 25.1 Å². The summed E-state index contributed by atoms with van der Waals surface area (Å²) in [5.74, 6) is 0.943. The average Bonchev–Trinajstić information content (AvgIpc) is 2.51. The molecule has 1 saturated heterocycles. The summed E-state index contributed by atoms with van der Waals surface area (Å²) in [5, 5.41) is 3.42. The molecule has 0 saturated carbocycles. The molecule has 0 aliphatic carbocycles. The third-order valence-electron chi connectivity index (χ3n) is 2.54. The molecule has 14 heavy (non-hydrogen) atoms. The Morgan fingerprint density at radius 3 is 3.00 bits per heavy atom. The summed E-state index contributed by atoms with van der Waals surface area (Å²) in [7, 11) is 0. The maximum Gasteiger partial charge on any atom is 0.126 e. The summed E-state index contributed by atoms with van der Waals surface area (Å²) in [6.45, 7) is 5.78. The van der Waals surface area contributed by atoms with Gasteiger partial charge in [-0.2, -0.15) is 0 Å². The van der Waals surface area contributed by atoms with E-state index in [-0.39, 0.29) is 5.54 Å². The summed E-state index contributed by atoms with van der Waals surface area (Å²) in [5.41, 5.74) is 1.10. The lowest BCUT2D eigenvalue weighted by molar-refractivity contribution is 0.185. The van der Waals surface area contributed by atoms with Crippen LogP contribution in [0, 0.1) is 6.92 Å². The SMILES string of the molecule is Cc1cccc(NC2(C)CCOC2)n1. The minimum atomic E-state index is 0.0563. The van der Waals surface area contributed by atoms with Gasteiger partial charge in [0.2, 0.25) is 0 Å². The van der Waals surface area contributed by atoms with Gasteiger partial charge >= 0.3 is 0 Å². The quantitative estimate of drug-likeness (QED) is 0.778. The molecule has 0 bridgehead atoms. The van der Waals surface area contributed by atoms with Crippen LogP contribution in [0.15, 0.2) is 18.2 Å². The molecule has 1 N–H and O–H groups in total. The second-order valence-electron chi connectivity index (χ2n) is 4.15. The number of pyridine rings is 1. The van der Waals surface area contributed by atoms with Crippen molar-refractivity contribution in [1.29, 1.82) is 0 Å². The fraction of sp³-hybridized carbons (Fsp3) is 0.545. The van der Waals surface area contributed by atoms with Crippen LogP contribution in [0.3, 0.4) is 0 Å². The Bertz CT molecular complexity index is 319. The Morgan fingerprint density at radius 2 is 2.36 bits per heavy atom. The molecule has 1 fully saturated rings. The maximum atomic E-state index is 5.37. The summed E-state index contributed by atoms with van der Waals surface area (Å²) in [6, 6.07) is 6.01. The van der Waals surface area contributed by atoms with Gasteiger partial charge in [0.25, 0.3) is 0 Å². The summed E-state index contributed by atoms with van der Waals surface area (Å²) in [6.07, 6.45) is 1.04. The minimum absolute atomic E-state index is 0.0563. The Labute approximate surface area is 84.5 Å². The van der Waals surface area contributed by atoms with E-state index in [4.69, 9.17) is 4.74 Å². The number of hydrogen-bond acceptors (Lipinski definition) is 3. The van der Waals surface area contributed by atoms with Crippen molar-refractivity contribution in [2.45, 2.75) is 25.8 Å². The maximum absolute atomic E-state index is 5.37. The number of hydrogen-bond donors (Lipinski definition) is 1. The van der Waals surface area contributed by atoms with Gasteiger partial charge < -0.3 is 10.1 Å². The van der Waals surface area contributed by atoms with Crippen LogP contribution in [-0.2, 0) is 4.74 Å². The standard InChI is InChI=1S/C11H16N2O/c1-9-4-3-5-10(12-9)13-11(2)6-7-14-8-11/h3-5H,6-8H2,1-2H3,(H,12,13). The first-order chi connectivity index (χ1) is 6.68. The molecule has 2 rings (SSSR count). The first-order valence-electron chi connectivity index (χ1n) is 4.98. The molecule has 2 heterocycles. The summed E-state index contributed by atoms with van der Waals surface area (Å²) < 4.78 is 5.37. The van der Waals surface area contributed by atoms with Crippen molar-refractivity contribution >= 4 is 5.82 Å². The van der Waals surface area contributed by atoms with Crippen LogP contribution in [0.2, 0.25) is 0 Å². The zero-order chi connectivity index (χ0) is 10.0.